The van der Waals surface area contributed by atoms with E-state index in [0.717, 1.165) is 5.69 Å². The van der Waals surface area contributed by atoms with Crippen molar-refractivity contribution in [1.29, 1.82) is 0 Å². The zero-order valence-electron chi connectivity index (χ0n) is 14.1. The minimum Gasteiger partial charge on any atom is -0.481 e. The third kappa shape index (κ3) is 3.57. The molecule has 1 aromatic heterocycles. The second-order valence-corrected chi connectivity index (χ2v) is 6.73. The summed E-state index contributed by atoms with van der Waals surface area (Å²) in [6.07, 6.45) is 1.17. The van der Waals surface area contributed by atoms with E-state index < -0.39 is 23.3 Å². The van der Waals surface area contributed by atoms with Gasteiger partial charge in [0.1, 0.15) is 11.2 Å². The number of piperidine rings is 1. The molecule has 0 spiro atoms. The molecule has 0 aliphatic carbocycles. The van der Waals surface area contributed by atoms with Gasteiger partial charge in [0, 0.05) is 32.9 Å². The van der Waals surface area contributed by atoms with E-state index in [2.05, 4.69) is 5.10 Å². The van der Waals surface area contributed by atoms with E-state index in [1.807, 2.05) is 18.0 Å². The second kappa shape index (κ2) is 6.93. The summed E-state index contributed by atoms with van der Waals surface area (Å²) < 4.78 is 15.2. The smallest absolute Gasteiger partial charge is 0.313 e. The van der Waals surface area contributed by atoms with Crippen LogP contribution in [-0.4, -0.2) is 50.1 Å². The average Bonchev–Trinajstić information content (AvgIpc) is 2.95. The maximum absolute atomic E-state index is 13.5. The Kier molecular flexibility index (Phi) is 4.87. The number of aliphatic hydroxyl groups excluding tert-OH is 1. The number of benzene rings is 1. The number of carbonyl (C=O) groups is 1. The Bertz CT molecular complexity index is 764. The first-order valence-corrected chi connectivity index (χ1v) is 8.26. The molecule has 1 saturated heterocycles. The maximum Gasteiger partial charge on any atom is 0.313 e. The summed E-state index contributed by atoms with van der Waals surface area (Å²) >= 11 is 0. The van der Waals surface area contributed by atoms with Crippen molar-refractivity contribution in [2.75, 3.05) is 13.1 Å². The molecule has 0 bridgehead atoms. The highest BCUT2D eigenvalue weighted by Gasteiger charge is 2.49. The fourth-order valence-electron chi connectivity index (χ4n) is 3.56. The number of hydrogen-bond acceptors (Lipinski definition) is 4. The summed E-state index contributed by atoms with van der Waals surface area (Å²) in [5.74, 6) is -1.46. The maximum atomic E-state index is 13.5. The molecule has 0 unspecified atom stereocenters. The van der Waals surface area contributed by atoms with Crippen LogP contribution in [0.1, 0.15) is 17.7 Å². The lowest BCUT2D eigenvalue weighted by molar-refractivity contribution is -0.163. The second-order valence-electron chi connectivity index (χ2n) is 6.73. The van der Waals surface area contributed by atoms with Gasteiger partial charge in [-0.2, -0.15) is 5.10 Å². The molecule has 1 aromatic carbocycles. The Morgan fingerprint density at radius 2 is 2.24 bits per heavy atom. The number of hydrogen-bond donors (Lipinski definition) is 2. The van der Waals surface area contributed by atoms with Gasteiger partial charge in [-0.3, -0.25) is 14.4 Å². The molecule has 2 aromatic rings. The first kappa shape index (κ1) is 17.6. The molecule has 1 aliphatic rings. The lowest BCUT2D eigenvalue weighted by Crippen LogP contribution is -2.57. The molecule has 1 fully saturated rings. The first-order valence-electron chi connectivity index (χ1n) is 8.26. The molecule has 134 valence electrons. The highest BCUT2D eigenvalue weighted by Crippen LogP contribution is 2.35. The van der Waals surface area contributed by atoms with Gasteiger partial charge >= 0.3 is 5.97 Å². The summed E-state index contributed by atoms with van der Waals surface area (Å²) in [5.41, 5.74) is 0.190. The monoisotopic (exact) mass is 347 g/mol. The molecule has 6 nitrogen and oxygen atoms in total. The Hall–Kier alpha value is -2.25. The van der Waals surface area contributed by atoms with E-state index in [1.165, 1.54) is 12.1 Å². The third-order valence-corrected chi connectivity index (χ3v) is 5.00. The van der Waals surface area contributed by atoms with Crippen molar-refractivity contribution in [2.45, 2.75) is 25.5 Å². The molecule has 25 heavy (non-hydrogen) atoms. The molecule has 1 aliphatic heterocycles. The molecule has 0 amide bonds. The van der Waals surface area contributed by atoms with Crippen LogP contribution in [0.2, 0.25) is 0 Å². The van der Waals surface area contributed by atoms with Gasteiger partial charge in [0.05, 0.1) is 11.8 Å². The number of aliphatic carboxylic acids is 1. The number of halogens is 1. The molecule has 0 saturated carbocycles. The van der Waals surface area contributed by atoms with Gasteiger partial charge in [-0.1, -0.05) is 12.1 Å². The van der Waals surface area contributed by atoms with Gasteiger partial charge in [-0.25, -0.2) is 4.39 Å². The molecule has 7 heteroatoms. The Balaban J connectivity index is 1.85. The van der Waals surface area contributed by atoms with Crippen molar-refractivity contribution in [3.8, 4) is 0 Å². The van der Waals surface area contributed by atoms with Crippen LogP contribution >= 0.6 is 0 Å². The highest BCUT2D eigenvalue weighted by molar-refractivity contribution is 5.76. The van der Waals surface area contributed by atoms with Gasteiger partial charge in [-0.05, 0) is 36.6 Å². The number of aromatic nitrogens is 2. The number of nitrogens with zero attached hydrogens (tertiary/aromatic N) is 3. The van der Waals surface area contributed by atoms with Gasteiger partial charge < -0.3 is 10.2 Å². The zero-order chi connectivity index (χ0) is 18.0. The predicted octanol–water partition coefficient (Wildman–Crippen LogP) is 1.44. The van der Waals surface area contributed by atoms with E-state index in [1.54, 1.807) is 23.0 Å². The lowest BCUT2D eigenvalue weighted by atomic mass is 9.73. The molecule has 2 heterocycles. The summed E-state index contributed by atoms with van der Waals surface area (Å²) in [6, 6.07) is 7.80. The van der Waals surface area contributed by atoms with Crippen molar-refractivity contribution < 1.29 is 19.4 Å². The van der Waals surface area contributed by atoms with Crippen molar-refractivity contribution >= 4 is 5.97 Å². The van der Waals surface area contributed by atoms with Crippen LogP contribution in [0.25, 0.3) is 0 Å². The average molecular weight is 347 g/mol. The van der Waals surface area contributed by atoms with Crippen LogP contribution in [0.3, 0.4) is 0 Å². The van der Waals surface area contributed by atoms with Crippen molar-refractivity contribution in [1.82, 2.24) is 14.7 Å². The Morgan fingerprint density at radius 1 is 1.44 bits per heavy atom. The largest absolute Gasteiger partial charge is 0.481 e. The van der Waals surface area contributed by atoms with Crippen molar-refractivity contribution in [3.63, 3.8) is 0 Å². The molecular formula is C18H22FN3O3. The van der Waals surface area contributed by atoms with Crippen molar-refractivity contribution in [3.05, 3.63) is 53.6 Å². The number of likely N-dealkylation sites (tertiary alicyclic amines) is 1. The Morgan fingerprint density at radius 3 is 2.88 bits per heavy atom. The van der Waals surface area contributed by atoms with E-state index >= 15 is 0 Å². The minimum absolute atomic E-state index is 0.0865. The number of rotatable bonds is 5. The summed E-state index contributed by atoms with van der Waals surface area (Å²) in [6.45, 7) is 1.36. The summed E-state index contributed by atoms with van der Waals surface area (Å²) in [4.78, 5) is 14.1. The highest BCUT2D eigenvalue weighted by atomic mass is 19.1. The molecule has 2 N–H and O–H groups in total. The van der Waals surface area contributed by atoms with E-state index in [9.17, 15) is 19.4 Å². The number of aliphatic hydroxyl groups is 1. The topological polar surface area (TPSA) is 78.6 Å². The van der Waals surface area contributed by atoms with Crippen LogP contribution < -0.4 is 0 Å². The van der Waals surface area contributed by atoms with Crippen LogP contribution in [0.5, 0.6) is 0 Å². The van der Waals surface area contributed by atoms with Gasteiger partial charge in [0.15, 0.2) is 0 Å². The molecular weight excluding hydrogens is 325 g/mol. The summed E-state index contributed by atoms with van der Waals surface area (Å²) in [5, 5.41) is 24.5. The minimum atomic E-state index is -1.36. The SMILES string of the molecule is Cn1nccc1CN1CC[C@@H](O)[C@](Cc2cccc(F)c2)(C(=O)O)C1. The Labute approximate surface area is 145 Å². The standard InChI is InChI=1S/C18H22FN3O3/c1-21-15(5-7-20-21)11-22-8-6-16(23)18(12-22,17(24)25)10-13-3-2-4-14(19)9-13/h2-5,7,9,16,23H,6,8,10-12H2,1H3,(H,24,25)/t16-,18-/m1/s1. The van der Waals surface area contributed by atoms with Gasteiger partial charge in [0.25, 0.3) is 0 Å². The lowest BCUT2D eigenvalue weighted by Gasteiger charge is -2.43. The van der Waals surface area contributed by atoms with E-state index in [0.29, 0.717) is 25.1 Å². The fraction of sp³-hybridized carbons (Fsp3) is 0.444. The molecule has 3 rings (SSSR count). The van der Waals surface area contributed by atoms with Crippen LogP contribution in [0.4, 0.5) is 4.39 Å². The number of carboxylic acid groups (broad SMARTS) is 1. The van der Waals surface area contributed by atoms with Crippen LogP contribution in [-0.2, 0) is 24.8 Å². The molecule has 2 atom stereocenters. The third-order valence-electron chi connectivity index (χ3n) is 5.00. The normalized spacial score (nSPS) is 24.4. The van der Waals surface area contributed by atoms with Crippen LogP contribution in [0.15, 0.2) is 36.5 Å². The summed E-state index contributed by atoms with van der Waals surface area (Å²) in [7, 11) is 1.84. The van der Waals surface area contributed by atoms with E-state index in [4.69, 9.17) is 0 Å². The van der Waals surface area contributed by atoms with Gasteiger partial charge in [0.2, 0.25) is 0 Å². The quantitative estimate of drug-likeness (QED) is 0.856. The first-order chi connectivity index (χ1) is 11.9. The van der Waals surface area contributed by atoms with Crippen molar-refractivity contribution in [2.24, 2.45) is 12.5 Å². The number of aryl methyl sites for hydroxylation is 1. The predicted molar refractivity (Wildman–Crippen MR) is 89.3 cm³/mol. The fourth-order valence-corrected chi connectivity index (χ4v) is 3.56. The van der Waals surface area contributed by atoms with Crippen LogP contribution in [0, 0.1) is 11.2 Å². The zero-order valence-corrected chi connectivity index (χ0v) is 14.1. The molecule has 0 radical (unpaired) electrons. The van der Waals surface area contributed by atoms with Gasteiger partial charge in [-0.15, -0.1) is 0 Å². The number of carboxylic acids is 1. The van der Waals surface area contributed by atoms with E-state index in [-0.39, 0.29) is 13.0 Å².